The van der Waals surface area contributed by atoms with E-state index in [4.69, 9.17) is 0 Å². The van der Waals surface area contributed by atoms with Gasteiger partial charge >= 0.3 is 0 Å². The number of aromatic nitrogens is 1. The standard InChI is InChI=1S/C18H20N2OS/c1-12-18-14(13-5-2-3-6-15(13)19-18)8-9-20(12)11-16(21)17-7-4-10-22-17/h2-7,10,12,16,19,21H,8-9,11H2,1H3/t12-,16-/m1/s1. The van der Waals surface area contributed by atoms with Crippen LogP contribution in [0.15, 0.2) is 41.8 Å². The Bertz CT molecular complexity index is 778. The summed E-state index contributed by atoms with van der Waals surface area (Å²) in [5.41, 5.74) is 3.98. The highest BCUT2D eigenvalue weighted by atomic mass is 32.1. The first-order chi connectivity index (χ1) is 10.7. The molecule has 0 amide bonds. The first-order valence-electron chi connectivity index (χ1n) is 7.79. The molecule has 0 aliphatic carbocycles. The van der Waals surface area contributed by atoms with E-state index in [1.165, 1.54) is 22.2 Å². The molecule has 1 aliphatic heterocycles. The molecule has 114 valence electrons. The highest BCUT2D eigenvalue weighted by Gasteiger charge is 2.28. The topological polar surface area (TPSA) is 39.3 Å². The number of para-hydroxylation sites is 1. The lowest BCUT2D eigenvalue weighted by Crippen LogP contribution is -2.36. The molecule has 1 aliphatic rings. The molecule has 2 aromatic heterocycles. The lowest BCUT2D eigenvalue weighted by molar-refractivity contribution is 0.0878. The van der Waals surface area contributed by atoms with E-state index in [0.29, 0.717) is 12.6 Å². The summed E-state index contributed by atoms with van der Waals surface area (Å²) in [6, 6.07) is 12.8. The summed E-state index contributed by atoms with van der Waals surface area (Å²) >= 11 is 1.63. The van der Waals surface area contributed by atoms with E-state index >= 15 is 0 Å². The zero-order valence-electron chi connectivity index (χ0n) is 12.6. The molecule has 0 radical (unpaired) electrons. The van der Waals surface area contributed by atoms with Crippen LogP contribution in [0.25, 0.3) is 10.9 Å². The van der Waals surface area contributed by atoms with Crippen LogP contribution in [0.3, 0.4) is 0 Å². The largest absolute Gasteiger partial charge is 0.386 e. The molecule has 2 atom stereocenters. The highest BCUT2D eigenvalue weighted by molar-refractivity contribution is 7.10. The van der Waals surface area contributed by atoms with Gasteiger partial charge in [-0.15, -0.1) is 11.3 Å². The van der Waals surface area contributed by atoms with Crippen molar-refractivity contribution in [2.75, 3.05) is 13.1 Å². The molecular weight excluding hydrogens is 292 g/mol. The van der Waals surface area contributed by atoms with Gasteiger partial charge in [0.1, 0.15) is 6.10 Å². The first-order valence-corrected chi connectivity index (χ1v) is 8.67. The van der Waals surface area contributed by atoms with Gasteiger partial charge in [-0.05, 0) is 36.4 Å². The summed E-state index contributed by atoms with van der Waals surface area (Å²) in [6.45, 7) is 3.92. The van der Waals surface area contributed by atoms with E-state index < -0.39 is 6.10 Å². The van der Waals surface area contributed by atoms with Crippen LogP contribution < -0.4 is 0 Å². The number of β-amino-alcohol motifs (C(OH)–C–C–N with tert-alkyl or cyclic N) is 1. The number of aliphatic hydroxyl groups is 1. The average molecular weight is 312 g/mol. The number of benzene rings is 1. The van der Waals surface area contributed by atoms with Gasteiger partial charge in [-0.1, -0.05) is 24.3 Å². The van der Waals surface area contributed by atoms with E-state index in [0.717, 1.165) is 17.8 Å². The lowest BCUT2D eigenvalue weighted by Gasteiger charge is -2.34. The molecule has 0 spiro atoms. The first kappa shape index (κ1) is 14.0. The van der Waals surface area contributed by atoms with Crippen molar-refractivity contribution in [1.29, 1.82) is 0 Å². The number of fused-ring (bicyclic) bond motifs is 3. The fourth-order valence-corrected chi connectivity index (χ4v) is 4.22. The zero-order chi connectivity index (χ0) is 15.1. The molecule has 0 saturated carbocycles. The van der Waals surface area contributed by atoms with Crippen LogP contribution >= 0.6 is 11.3 Å². The van der Waals surface area contributed by atoms with Crippen molar-refractivity contribution in [3.8, 4) is 0 Å². The second-order valence-electron chi connectivity index (χ2n) is 6.01. The van der Waals surface area contributed by atoms with Crippen LogP contribution in [-0.4, -0.2) is 28.1 Å². The van der Waals surface area contributed by atoms with Crippen LogP contribution in [0.1, 0.15) is 35.2 Å². The highest BCUT2D eigenvalue weighted by Crippen LogP contribution is 2.35. The van der Waals surface area contributed by atoms with Gasteiger partial charge in [0.25, 0.3) is 0 Å². The summed E-state index contributed by atoms with van der Waals surface area (Å²) in [4.78, 5) is 7.01. The summed E-state index contributed by atoms with van der Waals surface area (Å²) in [5.74, 6) is 0. The quantitative estimate of drug-likeness (QED) is 0.770. The van der Waals surface area contributed by atoms with E-state index in [1.807, 2.05) is 17.5 Å². The number of thiophene rings is 1. The number of hydrogen-bond donors (Lipinski definition) is 2. The van der Waals surface area contributed by atoms with Crippen molar-refractivity contribution in [1.82, 2.24) is 9.88 Å². The third-order valence-corrected chi connectivity index (χ3v) is 5.71. The molecule has 0 saturated heterocycles. The predicted octanol–water partition coefficient (Wildman–Crippen LogP) is 3.88. The lowest BCUT2D eigenvalue weighted by atomic mass is 9.98. The molecule has 0 bridgehead atoms. The summed E-state index contributed by atoms with van der Waals surface area (Å²) < 4.78 is 0. The van der Waals surface area contributed by atoms with Gasteiger partial charge in [-0.2, -0.15) is 0 Å². The maximum atomic E-state index is 10.4. The van der Waals surface area contributed by atoms with E-state index in [-0.39, 0.29) is 0 Å². The van der Waals surface area contributed by atoms with Crippen molar-refractivity contribution >= 4 is 22.2 Å². The zero-order valence-corrected chi connectivity index (χ0v) is 13.4. The van der Waals surface area contributed by atoms with Crippen LogP contribution in [0.5, 0.6) is 0 Å². The summed E-state index contributed by atoms with van der Waals surface area (Å²) in [5, 5.41) is 13.8. The number of hydrogen-bond acceptors (Lipinski definition) is 3. The number of rotatable bonds is 3. The van der Waals surface area contributed by atoms with Crippen LogP contribution in [0.2, 0.25) is 0 Å². The second-order valence-corrected chi connectivity index (χ2v) is 6.99. The van der Waals surface area contributed by atoms with Crippen LogP contribution in [0, 0.1) is 0 Å². The molecule has 3 nitrogen and oxygen atoms in total. The molecule has 0 fully saturated rings. The molecule has 4 rings (SSSR count). The molecule has 3 aromatic rings. The number of H-pyrrole nitrogens is 1. The Morgan fingerprint density at radius 1 is 1.32 bits per heavy atom. The Hall–Kier alpha value is -1.62. The maximum absolute atomic E-state index is 10.4. The smallest absolute Gasteiger partial charge is 0.101 e. The van der Waals surface area contributed by atoms with Crippen molar-refractivity contribution in [2.45, 2.75) is 25.5 Å². The minimum atomic E-state index is -0.395. The van der Waals surface area contributed by atoms with Crippen molar-refractivity contribution in [3.63, 3.8) is 0 Å². The predicted molar refractivity (Wildman–Crippen MR) is 91.3 cm³/mol. The maximum Gasteiger partial charge on any atom is 0.101 e. The monoisotopic (exact) mass is 312 g/mol. The normalized spacial score (nSPS) is 20.2. The van der Waals surface area contributed by atoms with Gasteiger partial charge in [-0.25, -0.2) is 0 Å². The molecule has 3 heterocycles. The van der Waals surface area contributed by atoms with Crippen molar-refractivity contribution in [2.24, 2.45) is 0 Å². The second kappa shape index (κ2) is 5.54. The molecule has 4 heteroatoms. The minimum Gasteiger partial charge on any atom is -0.386 e. The Morgan fingerprint density at radius 3 is 3.00 bits per heavy atom. The van der Waals surface area contributed by atoms with Crippen molar-refractivity contribution < 1.29 is 5.11 Å². The SMILES string of the molecule is C[C@@H]1c2[nH]c3ccccc3c2CCN1C[C@@H](O)c1cccs1. The Morgan fingerprint density at radius 2 is 2.18 bits per heavy atom. The van der Waals surface area contributed by atoms with E-state index in [1.54, 1.807) is 11.3 Å². The fraction of sp³-hybridized carbons (Fsp3) is 0.333. The van der Waals surface area contributed by atoms with Gasteiger partial charge in [0, 0.05) is 40.6 Å². The third kappa shape index (κ3) is 2.28. The van der Waals surface area contributed by atoms with Gasteiger partial charge in [0.2, 0.25) is 0 Å². The molecular formula is C18H20N2OS. The Kier molecular flexibility index (Phi) is 3.53. The molecule has 1 aromatic carbocycles. The summed E-state index contributed by atoms with van der Waals surface area (Å²) in [7, 11) is 0. The van der Waals surface area contributed by atoms with Crippen molar-refractivity contribution in [3.05, 3.63) is 57.9 Å². The fourth-order valence-electron chi connectivity index (χ4n) is 3.52. The Labute approximate surface area is 134 Å². The number of nitrogens with zero attached hydrogens (tertiary/aromatic N) is 1. The molecule has 0 unspecified atom stereocenters. The minimum absolute atomic E-state index is 0.311. The van der Waals surface area contributed by atoms with Gasteiger partial charge in [-0.3, -0.25) is 4.90 Å². The number of aromatic amines is 1. The third-order valence-electron chi connectivity index (χ3n) is 4.74. The van der Waals surface area contributed by atoms with E-state index in [9.17, 15) is 5.11 Å². The van der Waals surface area contributed by atoms with Gasteiger partial charge in [0.15, 0.2) is 0 Å². The summed E-state index contributed by atoms with van der Waals surface area (Å²) in [6.07, 6.45) is 0.647. The van der Waals surface area contributed by atoms with Gasteiger partial charge < -0.3 is 10.1 Å². The average Bonchev–Trinajstić information content (AvgIpc) is 3.17. The molecule has 2 N–H and O–H groups in total. The van der Waals surface area contributed by atoms with E-state index in [2.05, 4.69) is 41.1 Å². The Balaban J connectivity index is 1.60. The van der Waals surface area contributed by atoms with Gasteiger partial charge in [0.05, 0.1) is 0 Å². The number of aliphatic hydroxyl groups excluding tert-OH is 1. The van der Waals surface area contributed by atoms with Crippen LogP contribution in [-0.2, 0) is 6.42 Å². The van der Waals surface area contributed by atoms with Crippen LogP contribution in [0.4, 0.5) is 0 Å². The number of nitrogens with one attached hydrogen (secondary N) is 1. The molecule has 22 heavy (non-hydrogen) atoms.